The van der Waals surface area contributed by atoms with Gasteiger partial charge in [-0.25, -0.2) is 9.59 Å². The first-order valence-electron chi connectivity index (χ1n) is 4.96. The largest absolute Gasteiger partial charge is 0.478 e. The van der Waals surface area contributed by atoms with Crippen LogP contribution in [0.3, 0.4) is 0 Å². The molecule has 18 heavy (non-hydrogen) atoms. The van der Waals surface area contributed by atoms with Gasteiger partial charge >= 0.3 is 11.9 Å². The molecule has 0 heterocycles. The number of carboxylic acid groups (broad SMARTS) is 2. The molecule has 0 radical (unpaired) electrons. The topological polar surface area (TPSA) is 109 Å². The molecule has 6 nitrogen and oxygen atoms in total. The molecule has 0 atom stereocenters. The highest BCUT2D eigenvalue weighted by Crippen LogP contribution is 2.03. The molecule has 96 valence electrons. The predicted octanol–water partition coefficient (Wildman–Crippen LogP) is 1.25. The Balaban J connectivity index is 0.000000411. The van der Waals surface area contributed by atoms with Crippen LogP contribution in [0.1, 0.15) is 33.6 Å². The molecular weight excluding hydrogens is 240 g/mol. The standard InChI is InChI=1S/C8H6O4.C4H6O2/c9-7(10)5-1-2-6(4-3-5)8(11)12;5-3-1-2-4-6/h1-4H,(H,9,10)(H,11,12);3-4H,1-2H2. The van der Waals surface area contributed by atoms with Gasteiger partial charge in [0.2, 0.25) is 0 Å². The Morgan fingerprint density at radius 1 is 0.833 bits per heavy atom. The van der Waals surface area contributed by atoms with Crippen LogP contribution in [-0.2, 0) is 9.59 Å². The minimum Gasteiger partial charge on any atom is -0.478 e. The van der Waals surface area contributed by atoms with Gasteiger partial charge in [-0.3, -0.25) is 0 Å². The summed E-state index contributed by atoms with van der Waals surface area (Å²) >= 11 is 0. The van der Waals surface area contributed by atoms with Crippen molar-refractivity contribution in [2.24, 2.45) is 0 Å². The first-order valence-corrected chi connectivity index (χ1v) is 4.96. The summed E-state index contributed by atoms with van der Waals surface area (Å²) in [4.78, 5) is 39.5. The smallest absolute Gasteiger partial charge is 0.335 e. The van der Waals surface area contributed by atoms with Crippen molar-refractivity contribution in [2.75, 3.05) is 0 Å². The van der Waals surface area contributed by atoms with E-state index < -0.39 is 11.9 Å². The minimum atomic E-state index is -1.06. The fourth-order valence-corrected chi connectivity index (χ4v) is 0.891. The fraction of sp³-hybridized carbons (Fsp3) is 0.167. The van der Waals surface area contributed by atoms with Crippen LogP contribution in [0.5, 0.6) is 0 Å². The Morgan fingerprint density at radius 3 is 1.28 bits per heavy atom. The van der Waals surface area contributed by atoms with Gasteiger partial charge in [0.25, 0.3) is 0 Å². The van der Waals surface area contributed by atoms with Crippen LogP contribution in [0.15, 0.2) is 24.3 Å². The molecule has 2 N–H and O–H groups in total. The first-order chi connectivity index (χ1) is 8.52. The van der Waals surface area contributed by atoms with E-state index in [-0.39, 0.29) is 11.1 Å². The van der Waals surface area contributed by atoms with Crippen LogP contribution in [0.25, 0.3) is 0 Å². The fourth-order valence-electron chi connectivity index (χ4n) is 0.891. The molecule has 0 fully saturated rings. The number of rotatable bonds is 5. The summed E-state index contributed by atoms with van der Waals surface area (Å²) in [5.74, 6) is -2.13. The number of unbranched alkanes of at least 4 members (excludes halogenated alkanes) is 1. The molecule has 0 unspecified atom stereocenters. The van der Waals surface area contributed by atoms with E-state index in [0.29, 0.717) is 12.8 Å². The second-order valence-corrected chi connectivity index (χ2v) is 3.10. The molecule has 0 saturated heterocycles. The normalized spacial score (nSPS) is 8.67. The molecular formula is C12H12O6. The van der Waals surface area contributed by atoms with Crippen molar-refractivity contribution < 1.29 is 29.4 Å². The molecule has 1 aromatic rings. The van der Waals surface area contributed by atoms with E-state index in [1.807, 2.05) is 0 Å². The molecule has 0 spiro atoms. The van der Waals surface area contributed by atoms with Gasteiger partial charge in [0.15, 0.2) is 0 Å². The van der Waals surface area contributed by atoms with Crippen LogP contribution in [0, 0.1) is 0 Å². The van der Waals surface area contributed by atoms with Crippen LogP contribution in [0.4, 0.5) is 0 Å². The summed E-state index contributed by atoms with van der Waals surface area (Å²) in [6.07, 6.45) is 2.19. The summed E-state index contributed by atoms with van der Waals surface area (Å²) in [6, 6.07) is 5.02. The van der Waals surface area contributed by atoms with E-state index in [1.54, 1.807) is 0 Å². The summed E-state index contributed by atoms with van der Waals surface area (Å²) in [5, 5.41) is 16.9. The molecule has 0 amide bonds. The zero-order valence-electron chi connectivity index (χ0n) is 9.41. The summed E-state index contributed by atoms with van der Waals surface area (Å²) in [7, 11) is 0. The van der Waals surface area contributed by atoms with Crippen molar-refractivity contribution in [1.82, 2.24) is 0 Å². The van der Waals surface area contributed by atoms with Crippen LogP contribution >= 0.6 is 0 Å². The van der Waals surface area contributed by atoms with E-state index in [1.165, 1.54) is 24.3 Å². The van der Waals surface area contributed by atoms with Crippen molar-refractivity contribution in [3.63, 3.8) is 0 Å². The van der Waals surface area contributed by atoms with Gasteiger partial charge in [0, 0.05) is 12.8 Å². The van der Waals surface area contributed by atoms with Gasteiger partial charge in [-0.15, -0.1) is 0 Å². The molecule has 0 aromatic heterocycles. The zero-order chi connectivity index (χ0) is 14.0. The summed E-state index contributed by atoms with van der Waals surface area (Å²) in [6.45, 7) is 0. The van der Waals surface area contributed by atoms with Crippen LogP contribution in [-0.4, -0.2) is 34.7 Å². The zero-order valence-corrected chi connectivity index (χ0v) is 9.41. The van der Waals surface area contributed by atoms with E-state index >= 15 is 0 Å². The number of carboxylic acids is 2. The highest BCUT2D eigenvalue weighted by Gasteiger charge is 2.04. The summed E-state index contributed by atoms with van der Waals surface area (Å²) < 4.78 is 0. The van der Waals surface area contributed by atoms with Gasteiger partial charge in [0.1, 0.15) is 12.6 Å². The number of hydrogen-bond donors (Lipinski definition) is 2. The third-order valence-electron chi connectivity index (χ3n) is 1.78. The monoisotopic (exact) mass is 252 g/mol. The van der Waals surface area contributed by atoms with Crippen molar-refractivity contribution in [1.29, 1.82) is 0 Å². The molecule has 1 aromatic carbocycles. The first kappa shape index (κ1) is 15.5. The average molecular weight is 252 g/mol. The number of aldehydes is 2. The highest BCUT2D eigenvalue weighted by molar-refractivity contribution is 5.91. The van der Waals surface area contributed by atoms with Gasteiger partial charge < -0.3 is 19.8 Å². The number of carbonyl (C=O) groups is 4. The number of aromatic carboxylic acids is 2. The second-order valence-electron chi connectivity index (χ2n) is 3.10. The lowest BCUT2D eigenvalue weighted by Gasteiger charge is -1.94. The number of carbonyl (C=O) groups excluding carboxylic acids is 2. The lowest BCUT2D eigenvalue weighted by atomic mass is 10.1. The number of benzene rings is 1. The Labute approximate surface area is 103 Å². The average Bonchev–Trinajstić information content (AvgIpc) is 2.37. The van der Waals surface area contributed by atoms with E-state index in [4.69, 9.17) is 10.2 Å². The molecule has 1 rings (SSSR count). The Kier molecular flexibility index (Phi) is 7.43. The predicted molar refractivity (Wildman–Crippen MR) is 61.7 cm³/mol. The molecule has 0 aliphatic carbocycles. The Bertz CT molecular complexity index is 380. The lowest BCUT2D eigenvalue weighted by Crippen LogP contribution is -1.99. The molecule has 0 saturated carbocycles. The maximum Gasteiger partial charge on any atom is 0.335 e. The maximum atomic E-state index is 10.3. The molecule has 0 bridgehead atoms. The quantitative estimate of drug-likeness (QED) is 0.603. The lowest BCUT2D eigenvalue weighted by molar-refractivity contribution is -0.112. The Morgan fingerprint density at radius 2 is 1.11 bits per heavy atom. The van der Waals surface area contributed by atoms with Gasteiger partial charge in [0.05, 0.1) is 11.1 Å². The second kappa shape index (κ2) is 8.63. The van der Waals surface area contributed by atoms with Crippen molar-refractivity contribution in [2.45, 2.75) is 12.8 Å². The third kappa shape index (κ3) is 6.16. The maximum absolute atomic E-state index is 10.3. The van der Waals surface area contributed by atoms with E-state index in [0.717, 1.165) is 12.6 Å². The van der Waals surface area contributed by atoms with Crippen molar-refractivity contribution >= 4 is 24.5 Å². The van der Waals surface area contributed by atoms with Gasteiger partial charge in [-0.05, 0) is 24.3 Å². The summed E-state index contributed by atoms with van der Waals surface area (Å²) in [5.41, 5.74) is 0.167. The van der Waals surface area contributed by atoms with E-state index in [2.05, 4.69) is 0 Å². The van der Waals surface area contributed by atoms with Crippen LogP contribution < -0.4 is 0 Å². The molecule has 6 heteroatoms. The minimum absolute atomic E-state index is 0.0833. The van der Waals surface area contributed by atoms with Gasteiger partial charge in [-0.2, -0.15) is 0 Å². The SMILES string of the molecule is O=C(O)c1ccc(C(=O)O)cc1.O=CCCC=O. The van der Waals surface area contributed by atoms with E-state index in [9.17, 15) is 19.2 Å². The van der Waals surface area contributed by atoms with Gasteiger partial charge in [-0.1, -0.05) is 0 Å². The highest BCUT2D eigenvalue weighted by atomic mass is 16.4. The van der Waals surface area contributed by atoms with Crippen LogP contribution in [0.2, 0.25) is 0 Å². The van der Waals surface area contributed by atoms with Crippen molar-refractivity contribution in [3.05, 3.63) is 35.4 Å². The van der Waals surface area contributed by atoms with Crippen molar-refractivity contribution in [3.8, 4) is 0 Å². The molecule has 0 aliphatic rings. The number of hydrogen-bond acceptors (Lipinski definition) is 4. The third-order valence-corrected chi connectivity index (χ3v) is 1.78. The Hall–Kier alpha value is -2.50. The molecule has 0 aliphatic heterocycles.